The number of likely N-dealkylation sites (tertiary alicyclic amines) is 1. The number of nitro groups is 1. The van der Waals surface area contributed by atoms with Gasteiger partial charge >= 0.3 is 0 Å². The number of benzene rings is 1. The van der Waals surface area contributed by atoms with Gasteiger partial charge in [-0.15, -0.1) is 0 Å². The molecule has 1 atom stereocenters. The van der Waals surface area contributed by atoms with Crippen molar-refractivity contribution >= 4 is 23.2 Å². The highest BCUT2D eigenvalue weighted by atomic mass is 35.5. The van der Waals surface area contributed by atoms with Gasteiger partial charge in [0.1, 0.15) is 5.56 Å². The van der Waals surface area contributed by atoms with Crippen LogP contribution in [0.1, 0.15) is 23.2 Å². The summed E-state index contributed by atoms with van der Waals surface area (Å²) in [6.07, 6.45) is 1.83. The number of carbonyl (C=O) groups excluding carboxylic acids is 1. The molecule has 0 bridgehead atoms. The van der Waals surface area contributed by atoms with Gasteiger partial charge in [0.05, 0.1) is 4.92 Å². The first kappa shape index (κ1) is 15.7. The predicted octanol–water partition coefficient (Wildman–Crippen LogP) is 2.41. The Balaban J connectivity index is 2.31. The van der Waals surface area contributed by atoms with Crippen LogP contribution in [0, 0.1) is 10.1 Å². The largest absolute Gasteiger partial charge is 0.334 e. The third-order valence-electron chi connectivity index (χ3n) is 3.60. The van der Waals surface area contributed by atoms with Crippen LogP contribution in [0.2, 0.25) is 5.02 Å². The third kappa shape index (κ3) is 3.51. The second kappa shape index (κ2) is 6.41. The quantitative estimate of drug-likeness (QED) is 0.632. The lowest BCUT2D eigenvalue weighted by molar-refractivity contribution is -0.385. The Morgan fingerprint density at radius 1 is 1.52 bits per heavy atom. The minimum atomic E-state index is -0.541. The van der Waals surface area contributed by atoms with Crippen molar-refractivity contribution in [2.24, 2.45) is 0 Å². The molecule has 0 spiro atoms. The summed E-state index contributed by atoms with van der Waals surface area (Å²) in [6, 6.07) is 4.18. The van der Waals surface area contributed by atoms with Crippen molar-refractivity contribution in [3.05, 3.63) is 38.9 Å². The summed E-state index contributed by atoms with van der Waals surface area (Å²) in [5.41, 5.74) is -0.127. The number of nitro benzene ring substituents is 1. The molecule has 1 aromatic rings. The molecule has 0 aromatic heterocycles. The van der Waals surface area contributed by atoms with E-state index in [0.717, 1.165) is 19.4 Å². The number of carbonyl (C=O) groups is 1. The normalized spacial score (nSPS) is 18.3. The highest BCUT2D eigenvalue weighted by molar-refractivity contribution is 6.31. The van der Waals surface area contributed by atoms with Gasteiger partial charge < -0.3 is 9.80 Å². The summed E-state index contributed by atoms with van der Waals surface area (Å²) in [7, 11) is 3.89. The lowest BCUT2D eigenvalue weighted by Crippen LogP contribution is -2.41. The number of rotatable bonds is 4. The Labute approximate surface area is 128 Å². The van der Waals surface area contributed by atoms with Crippen LogP contribution < -0.4 is 0 Å². The maximum Gasteiger partial charge on any atom is 0.282 e. The maximum absolute atomic E-state index is 12.7. The summed E-state index contributed by atoms with van der Waals surface area (Å²) in [5.74, 6) is -0.312. The van der Waals surface area contributed by atoms with Crippen molar-refractivity contribution < 1.29 is 9.72 Å². The van der Waals surface area contributed by atoms with Crippen LogP contribution in [0.5, 0.6) is 0 Å². The molecule has 1 unspecified atom stereocenters. The summed E-state index contributed by atoms with van der Waals surface area (Å²) < 4.78 is 0. The molecule has 6 nitrogen and oxygen atoms in total. The number of amides is 1. The summed E-state index contributed by atoms with van der Waals surface area (Å²) in [5, 5.41) is 11.4. The van der Waals surface area contributed by atoms with Crippen molar-refractivity contribution in [1.82, 2.24) is 9.80 Å². The van der Waals surface area contributed by atoms with Crippen molar-refractivity contribution in [2.45, 2.75) is 18.9 Å². The van der Waals surface area contributed by atoms with Gasteiger partial charge in [0.25, 0.3) is 11.6 Å². The van der Waals surface area contributed by atoms with Crippen LogP contribution in [0.15, 0.2) is 18.2 Å². The molecule has 114 valence electrons. The van der Waals surface area contributed by atoms with Crippen molar-refractivity contribution in [3.63, 3.8) is 0 Å². The van der Waals surface area contributed by atoms with Crippen LogP contribution in [-0.4, -0.2) is 53.9 Å². The zero-order valence-electron chi connectivity index (χ0n) is 12.1. The van der Waals surface area contributed by atoms with Crippen molar-refractivity contribution in [2.75, 3.05) is 27.2 Å². The molecule has 2 rings (SSSR count). The molecule has 0 aliphatic carbocycles. The van der Waals surface area contributed by atoms with Crippen LogP contribution in [-0.2, 0) is 0 Å². The Bertz CT molecular complexity index is 562. The van der Waals surface area contributed by atoms with E-state index in [2.05, 4.69) is 0 Å². The fraction of sp³-hybridized carbons (Fsp3) is 0.500. The van der Waals surface area contributed by atoms with E-state index >= 15 is 0 Å². The van der Waals surface area contributed by atoms with Gasteiger partial charge in [-0.2, -0.15) is 0 Å². The van der Waals surface area contributed by atoms with Gasteiger partial charge in [-0.05, 0) is 39.1 Å². The van der Waals surface area contributed by atoms with Gasteiger partial charge in [-0.1, -0.05) is 11.6 Å². The van der Waals surface area contributed by atoms with Crippen molar-refractivity contribution in [1.29, 1.82) is 0 Å². The van der Waals surface area contributed by atoms with Gasteiger partial charge in [0.15, 0.2) is 0 Å². The Morgan fingerprint density at radius 3 is 2.86 bits per heavy atom. The van der Waals surface area contributed by atoms with Crippen LogP contribution >= 0.6 is 11.6 Å². The number of hydrogen-bond acceptors (Lipinski definition) is 4. The van der Waals surface area contributed by atoms with Gasteiger partial charge in [-0.3, -0.25) is 14.9 Å². The van der Waals surface area contributed by atoms with E-state index in [4.69, 9.17) is 11.6 Å². The second-order valence-corrected chi connectivity index (χ2v) is 5.91. The molecule has 7 heteroatoms. The fourth-order valence-corrected chi connectivity index (χ4v) is 2.88. The lowest BCUT2D eigenvalue weighted by Gasteiger charge is -2.27. The molecule has 1 heterocycles. The zero-order chi connectivity index (χ0) is 15.6. The Kier molecular flexibility index (Phi) is 4.80. The van der Waals surface area contributed by atoms with Gasteiger partial charge in [0.2, 0.25) is 0 Å². The highest BCUT2D eigenvalue weighted by Crippen LogP contribution is 2.27. The van der Waals surface area contributed by atoms with E-state index in [0.29, 0.717) is 11.6 Å². The number of hydrogen-bond donors (Lipinski definition) is 0. The SMILES string of the molecule is CN(C)CC1CCCN1C(=O)c1cc(Cl)ccc1[N+](=O)[O-]. The monoisotopic (exact) mass is 311 g/mol. The Morgan fingerprint density at radius 2 is 2.24 bits per heavy atom. The van der Waals surface area contributed by atoms with E-state index in [1.807, 2.05) is 19.0 Å². The molecular weight excluding hydrogens is 294 g/mol. The average Bonchev–Trinajstić information content (AvgIpc) is 2.84. The second-order valence-electron chi connectivity index (χ2n) is 5.48. The van der Waals surface area contributed by atoms with Gasteiger partial charge in [-0.25, -0.2) is 0 Å². The van der Waals surface area contributed by atoms with Crippen LogP contribution in [0.25, 0.3) is 0 Å². The van der Waals surface area contributed by atoms with E-state index in [1.165, 1.54) is 18.2 Å². The van der Waals surface area contributed by atoms with Crippen molar-refractivity contribution in [3.8, 4) is 0 Å². The molecule has 0 saturated carbocycles. The van der Waals surface area contributed by atoms with E-state index in [9.17, 15) is 14.9 Å². The van der Waals surface area contributed by atoms with Gasteiger partial charge in [0, 0.05) is 30.2 Å². The Hall–Kier alpha value is -1.66. The minimum Gasteiger partial charge on any atom is -0.334 e. The number of halogens is 1. The van der Waals surface area contributed by atoms with E-state index < -0.39 is 4.92 Å². The molecule has 0 N–H and O–H groups in total. The molecule has 1 aliphatic rings. The molecule has 1 aliphatic heterocycles. The number of likely N-dealkylation sites (N-methyl/N-ethyl adjacent to an activating group) is 1. The van der Waals surface area contributed by atoms with E-state index in [-0.39, 0.29) is 23.2 Å². The summed E-state index contributed by atoms with van der Waals surface area (Å²) in [6.45, 7) is 1.38. The molecule has 1 fully saturated rings. The average molecular weight is 312 g/mol. The zero-order valence-corrected chi connectivity index (χ0v) is 12.8. The fourth-order valence-electron chi connectivity index (χ4n) is 2.71. The maximum atomic E-state index is 12.7. The van der Waals surface area contributed by atoms with Crippen LogP contribution in [0.4, 0.5) is 5.69 Å². The molecule has 21 heavy (non-hydrogen) atoms. The predicted molar refractivity (Wildman–Crippen MR) is 80.7 cm³/mol. The van der Waals surface area contributed by atoms with Crippen LogP contribution in [0.3, 0.4) is 0 Å². The molecule has 1 saturated heterocycles. The molecule has 0 radical (unpaired) electrons. The number of nitrogens with zero attached hydrogens (tertiary/aromatic N) is 3. The molecular formula is C14H18ClN3O3. The summed E-state index contributed by atoms with van der Waals surface area (Å²) in [4.78, 5) is 27.0. The minimum absolute atomic E-state index is 0.0677. The molecule has 1 aromatic carbocycles. The third-order valence-corrected chi connectivity index (χ3v) is 3.83. The standard InChI is InChI=1S/C14H18ClN3O3/c1-16(2)9-11-4-3-7-17(11)14(19)12-8-10(15)5-6-13(12)18(20)21/h5-6,8,11H,3-4,7,9H2,1-2H3. The van der Waals surface area contributed by atoms with E-state index in [1.54, 1.807) is 4.90 Å². The lowest BCUT2D eigenvalue weighted by atomic mass is 10.1. The first-order valence-electron chi connectivity index (χ1n) is 6.80. The molecule has 1 amide bonds. The topological polar surface area (TPSA) is 66.7 Å². The smallest absolute Gasteiger partial charge is 0.282 e. The summed E-state index contributed by atoms with van der Waals surface area (Å²) >= 11 is 5.89. The highest BCUT2D eigenvalue weighted by Gasteiger charge is 2.33. The first-order valence-corrected chi connectivity index (χ1v) is 7.17. The first-order chi connectivity index (χ1) is 9.90.